The lowest BCUT2D eigenvalue weighted by Crippen LogP contribution is -1.99. The Balaban J connectivity index is 2.09. The number of rotatable bonds is 6. The van der Waals surface area contributed by atoms with Gasteiger partial charge < -0.3 is 5.11 Å². The van der Waals surface area contributed by atoms with Gasteiger partial charge in [0, 0.05) is 11.6 Å². The molecule has 6 nitrogen and oxygen atoms in total. The zero-order valence-electron chi connectivity index (χ0n) is 14.9. The van der Waals surface area contributed by atoms with Crippen LogP contribution in [0.5, 0.6) is 0 Å². The Morgan fingerprint density at radius 1 is 1.30 bits per heavy atom. The van der Waals surface area contributed by atoms with Gasteiger partial charge in [-0.1, -0.05) is 38.1 Å². The Bertz CT molecular complexity index is 1020. The monoisotopic (exact) mass is 382 g/mol. The first-order valence-electron chi connectivity index (χ1n) is 8.42. The average molecular weight is 382 g/mol. The van der Waals surface area contributed by atoms with Gasteiger partial charge in [-0.15, -0.1) is 11.3 Å². The van der Waals surface area contributed by atoms with Gasteiger partial charge in [-0.05, 0) is 35.3 Å². The number of carbonyl (C=O) groups is 1. The van der Waals surface area contributed by atoms with Crippen molar-refractivity contribution >= 4 is 44.9 Å². The molecule has 0 bridgehead atoms. The first-order valence-corrected chi connectivity index (χ1v) is 9.23. The van der Waals surface area contributed by atoms with Gasteiger partial charge in [-0.25, -0.2) is 4.98 Å². The van der Waals surface area contributed by atoms with Gasteiger partial charge in [-0.2, -0.15) is 0 Å². The molecule has 0 saturated carbocycles. The highest BCUT2D eigenvalue weighted by molar-refractivity contribution is 7.19. The van der Waals surface area contributed by atoms with Gasteiger partial charge in [0.25, 0.3) is 5.69 Å². The summed E-state index contributed by atoms with van der Waals surface area (Å²) < 4.78 is 0.963. The highest BCUT2D eigenvalue weighted by atomic mass is 32.1. The lowest BCUT2D eigenvalue weighted by atomic mass is 9.98. The van der Waals surface area contributed by atoms with E-state index in [1.54, 1.807) is 18.2 Å². The van der Waals surface area contributed by atoms with E-state index in [9.17, 15) is 20.0 Å². The van der Waals surface area contributed by atoms with Crippen LogP contribution in [0.2, 0.25) is 0 Å². The van der Waals surface area contributed by atoms with E-state index in [0.29, 0.717) is 21.7 Å². The number of hydrogen-bond acceptors (Lipinski definition) is 5. The third-order valence-corrected chi connectivity index (χ3v) is 5.24. The summed E-state index contributed by atoms with van der Waals surface area (Å²) in [5, 5.41) is 21.3. The molecule has 3 aromatic rings. The second-order valence-corrected chi connectivity index (χ2v) is 7.49. The van der Waals surface area contributed by atoms with Crippen molar-refractivity contribution in [2.75, 3.05) is 0 Å². The molecule has 1 heterocycles. The summed E-state index contributed by atoms with van der Waals surface area (Å²) in [5.74, 6) is -0.958. The minimum Gasteiger partial charge on any atom is -0.481 e. The van der Waals surface area contributed by atoms with Crippen LogP contribution >= 0.6 is 11.3 Å². The smallest absolute Gasteiger partial charge is 0.307 e. The van der Waals surface area contributed by atoms with Crippen LogP contribution in [0.3, 0.4) is 0 Å². The maximum atomic E-state index is 11.4. The van der Waals surface area contributed by atoms with E-state index in [0.717, 1.165) is 10.2 Å². The van der Waals surface area contributed by atoms with Crippen molar-refractivity contribution < 1.29 is 14.8 Å². The number of benzene rings is 2. The fourth-order valence-corrected chi connectivity index (χ4v) is 3.84. The van der Waals surface area contributed by atoms with E-state index in [4.69, 9.17) is 0 Å². The minimum absolute atomic E-state index is 0.0196. The number of aliphatic carboxylic acids is 1. The van der Waals surface area contributed by atoms with Crippen LogP contribution in [0.4, 0.5) is 5.69 Å². The summed E-state index contributed by atoms with van der Waals surface area (Å²) in [7, 11) is 0. The number of carboxylic acids is 1. The summed E-state index contributed by atoms with van der Waals surface area (Å²) in [6.07, 6.45) is 1.46. The second kappa shape index (κ2) is 7.67. The number of nitrogens with zero attached hydrogens (tertiary/aromatic N) is 2. The van der Waals surface area contributed by atoms with Gasteiger partial charge in [0.15, 0.2) is 0 Å². The first kappa shape index (κ1) is 18.7. The number of hydrogen-bond donors (Lipinski definition) is 1. The molecule has 0 radical (unpaired) electrons. The Morgan fingerprint density at radius 2 is 2.04 bits per heavy atom. The van der Waals surface area contributed by atoms with Crippen LogP contribution in [0.15, 0.2) is 42.5 Å². The van der Waals surface area contributed by atoms with Gasteiger partial charge in [0.2, 0.25) is 0 Å². The normalized spacial score (nSPS) is 11.9. The summed E-state index contributed by atoms with van der Waals surface area (Å²) in [4.78, 5) is 26.9. The molecule has 0 aliphatic rings. The largest absolute Gasteiger partial charge is 0.481 e. The molecular formula is C20H18N2O4S. The Morgan fingerprint density at radius 3 is 2.67 bits per heavy atom. The van der Waals surface area contributed by atoms with E-state index < -0.39 is 10.9 Å². The highest BCUT2D eigenvalue weighted by Crippen LogP contribution is 2.32. The fourth-order valence-electron chi connectivity index (χ4n) is 2.86. The van der Waals surface area contributed by atoms with E-state index in [2.05, 4.69) is 4.98 Å². The molecule has 3 rings (SSSR count). The molecule has 0 atom stereocenters. The summed E-state index contributed by atoms with van der Waals surface area (Å²) in [6.45, 7) is 3.80. The molecule has 0 aliphatic carbocycles. The van der Waals surface area contributed by atoms with E-state index >= 15 is 0 Å². The van der Waals surface area contributed by atoms with Crippen molar-refractivity contribution in [3.05, 3.63) is 68.7 Å². The lowest BCUT2D eigenvalue weighted by molar-refractivity contribution is -0.385. The Hall–Kier alpha value is -3.06. The number of para-hydroxylation sites is 1. The predicted octanol–water partition coefficient (Wildman–Crippen LogP) is 5.34. The summed E-state index contributed by atoms with van der Waals surface area (Å²) in [6, 6.07) is 12.6. The number of carboxylic acid groups (broad SMARTS) is 1. The number of nitro groups is 1. The molecule has 1 aromatic heterocycles. The molecule has 0 amide bonds. The summed E-state index contributed by atoms with van der Waals surface area (Å²) >= 11 is 1.41. The minimum atomic E-state index is -0.978. The molecule has 0 fully saturated rings. The highest BCUT2D eigenvalue weighted by Gasteiger charge is 2.18. The Kier molecular flexibility index (Phi) is 5.32. The van der Waals surface area contributed by atoms with Crippen LogP contribution in [0.25, 0.3) is 21.9 Å². The SMILES string of the molecule is CC(C)c1ccc(/C=C(\CC(=O)O)c2nc3ccccc3s2)cc1[N+](=O)[O-]. The van der Waals surface area contributed by atoms with Gasteiger partial charge >= 0.3 is 5.97 Å². The molecule has 2 aromatic carbocycles. The number of aromatic nitrogens is 1. The van der Waals surface area contributed by atoms with Crippen LogP contribution in [-0.4, -0.2) is 21.0 Å². The lowest BCUT2D eigenvalue weighted by Gasteiger charge is -2.08. The third kappa shape index (κ3) is 4.20. The van der Waals surface area contributed by atoms with Gasteiger partial charge in [0.05, 0.1) is 21.6 Å². The van der Waals surface area contributed by atoms with Crippen molar-refractivity contribution in [1.82, 2.24) is 4.98 Å². The van der Waals surface area contributed by atoms with Crippen molar-refractivity contribution in [2.45, 2.75) is 26.2 Å². The standard InChI is InChI=1S/C20H18N2O4S/c1-12(2)15-8-7-13(10-17(15)22(25)26)9-14(11-19(23)24)20-21-16-5-3-4-6-18(16)27-20/h3-10,12H,11H2,1-2H3,(H,23,24)/b14-9+. The van der Waals surface area contributed by atoms with Crippen LogP contribution in [0, 0.1) is 10.1 Å². The van der Waals surface area contributed by atoms with Gasteiger partial charge in [0.1, 0.15) is 5.01 Å². The number of thiazole rings is 1. The van der Waals surface area contributed by atoms with Crippen LogP contribution in [-0.2, 0) is 4.79 Å². The van der Waals surface area contributed by atoms with Crippen molar-refractivity contribution in [3.8, 4) is 0 Å². The molecule has 0 unspecified atom stereocenters. The quantitative estimate of drug-likeness (QED) is 0.458. The predicted molar refractivity (Wildman–Crippen MR) is 107 cm³/mol. The molecule has 0 saturated heterocycles. The van der Waals surface area contributed by atoms with Crippen LogP contribution < -0.4 is 0 Å². The third-order valence-electron chi connectivity index (χ3n) is 4.12. The molecule has 0 spiro atoms. The van der Waals surface area contributed by atoms with E-state index in [-0.39, 0.29) is 18.0 Å². The zero-order chi connectivity index (χ0) is 19.6. The molecule has 7 heteroatoms. The zero-order valence-corrected chi connectivity index (χ0v) is 15.7. The summed E-state index contributed by atoms with van der Waals surface area (Å²) in [5.41, 5.74) is 2.60. The molecular weight excluding hydrogens is 364 g/mol. The molecule has 1 N–H and O–H groups in total. The maximum absolute atomic E-state index is 11.4. The van der Waals surface area contributed by atoms with Crippen molar-refractivity contribution in [1.29, 1.82) is 0 Å². The Labute approximate surface area is 160 Å². The van der Waals surface area contributed by atoms with E-state index in [1.807, 2.05) is 38.1 Å². The first-order chi connectivity index (χ1) is 12.8. The number of nitro benzene ring substituents is 1. The second-order valence-electron chi connectivity index (χ2n) is 6.46. The topological polar surface area (TPSA) is 93.3 Å². The molecule has 138 valence electrons. The fraction of sp³-hybridized carbons (Fsp3) is 0.200. The average Bonchev–Trinajstić information content (AvgIpc) is 3.04. The maximum Gasteiger partial charge on any atom is 0.307 e. The van der Waals surface area contributed by atoms with Crippen LogP contribution in [0.1, 0.15) is 42.3 Å². The molecule has 0 aliphatic heterocycles. The van der Waals surface area contributed by atoms with Crippen molar-refractivity contribution in [3.63, 3.8) is 0 Å². The van der Waals surface area contributed by atoms with E-state index in [1.165, 1.54) is 17.4 Å². The number of fused-ring (bicyclic) bond motifs is 1. The molecule has 27 heavy (non-hydrogen) atoms. The van der Waals surface area contributed by atoms with Crippen molar-refractivity contribution in [2.24, 2.45) is 0 Å². The van der Waals surface area contributed by atoms with Gasteiger partial charge in [-0.3, -0.25) is 14.9 Å².